The van der Waals surface area contributed by atoms with Crippen molar-refractivity contribution in [2.24, 2.45) is 0 Å². The van der Waals surface area contributed by atoms with Crippen molar-refractivity contribution in [1.82, 2.24) is 4.98 Å². The summed E-state index contributed by atoms with van der Waals surface area (Å²) in [4.78, 5) is 17.4. The molecule has 1 atom stereocenters. The lowest BCUT2D eigenvalue weighted by molar-refractivity contribution is -0.117. The number of rotatable bonds is 1. The van der Waals surface area contributed by atoms with Gasteiger partial charge in [0.05, 0.1) is 10.0 Å². The highest BCUT2D eigenvalue weighted by Crippen LogP contribution is 2.33. The van der Waals surface area contributed by atoms with Crippen molar-refractivity contribution in [3.63, 3.8) is 0 Å². The number of thiol groups is 1. The van der Waals surface area contributed by atoms with E-state index in [0.717, 1.165) is 5.56 Å². The van der Waals surface area contributed by atoms with Crippen LogP contribution in [0.15, 0.2) is 6.20 Å². The minimum atomic E-state index is -0.00359. The highest BCUT2D eigenvalue weighted by molar-refractivity contribution is 7.81. The molecule has 86 valence electrons. The molecule has 6 heteroatoms. The minimum Gasteiger partial charge on any atom is -0.294 e. The monoisotopic (exact) mass is 276 g/mol. The highest BCUT2D eigenvalue weighted by Gasteiger charge is 2.31. The second-order valence-electron chi connectivity index (χ2n) is 3.73. The smallest absolute Gasteiger partial charge is 0.229 e. The molecule has 0 aromatic carbocycles. The number of nitrogens with zero attached hydrogens (tertiary/aromatic N) is 2. The number of anilines is 1. The molecule has 16 heavy (non-hydrogen) atoms. The van der Waals surface area contributed by atoms with Crippen molar-refractivity contribution >= 4 is 47.6 Å². The molecular formula is C10H10Cl2N2OS. The van der Waals surface area contributed by atoms with E-state index in [1.165, 1.54) is 6.20 Å². The third-order valence-corrected chi connectivity index (χ3v) is 3.72. The van der Waals surface area contributed by atoms with Gasteiger partial charge in [-0.2, -0.15) is 12.6 Å². The summed E-state index contributed by atoms with van der Waals surface area (Å²) in [6.07, 6.45) is 1.93. The summed E-state index contributed by atoms with van der Waals surface area (Å²) in [5.74, 6) is 0.473. The predicted molar refractivity (Wildman–Crippen MR) is 68.7 cm³/mol. The van der Waals surface area contributed by atoms with E-state index in [0.29, 0.717) is 28.8 Å². The summed E-state index contributed by atoms with van der Waals surface area (Å²) in [6, 6.07) is 0. The Bertz CT molecular complexity index is 453. The highest BCUT2D eigenvalue weighted by atomic mass is 35.5. The zero-order chi connectivity index (χ0) is 11.9. The summed E-state index contributed by atoms with van der Waals surface area (Å²) < 4.78 is 0. The maximum Gasteiger partial charge on any atom is 0.229 e. The molecule has 3 nitrogen and oxygen atoms in total. The molecule has 1 amide bonds. The molecular weight excluding hydrogens is 267 g/mol. The summed E-state index contributed by atoms with van der Waals surface area (Å²) in [5.41, 5.74) is 0.740. The van der Waals surface area contributed by atoms with E-state index in [1.54, 1.807) is 11.8 Å². The van der Waals surface area contributed by atoms with Crippen LogP contribution in [-0.2, 0) is 4.79 Å². The maximum absolute atomic E-state index is 11.7. The SMILES string of the molecule is Cc1c(Cl)cnc(N2CC(S)CC2=O)c1Cl. The Kier molecular flexibility index (Phi) is 3.33. The number of pyridine rings is 1. The molecule has 1 aliphatic rings. The van der Waals surface area contributed by atoms with Crippen LogP contribution in [0, 0.1) is 6.92 Å². The van der Waals surface area contributed by atoms with Gasteiger partial charge in [-0.1, -0.05) is 23.2 Å². The molecule has 1 aliphatic heterocycles. The molecule has 0 aliphatic carbocycles. The van der Waals surface area contributed by atoms with Crippen molar-refractivity contribution in [1.29, 1.82) is 0 Å². The third kappa shape index (κ3) is 2.01. The van der Waals surface area contributed by atoms with Crippen molar-refractivity contribution < 1.29 is 4.79 Å². The number of carbonyl (C=O) groups is 1. The quantitative estimate of drug-likeness (QED) is 0.801. The van der Waals surface area contributed by atoms with Gasteiger partial charge in [-0.05, 0) is 12.5 Å². The molecule has 0 bridgehead atoms. The van der Waals surface area contributed by atoms with Gasteiger partial charge in [0.1, 0.15) is 0 Å². The summed E-state index contributed by atoms with van der Waals surface area (Å²) in [6.45, 7) is 2.34. The van der Waals surface area contributed by atoms with E-state index < -0.39 is 0 Å². The lowest BCUT2D eigenvalue weighted by Crippen LogP contribution is -2.26. The third-order valence-electron chi connectivity index (χ3n) is 2.54. The van der Waals surface area contributed by atoms with Crippen LogP contribution < -0.4 is 4.90 Å². The van der Waals surface area contributed by atoms with E-state index in [2.05, 4.69) is 17.6 Å². The number of halogens is 2. The minimum absolute atomic E-state index is 0.00359. The lowest BCUT2D eigenvalue weighted by Gasteiger charge is -2.17. The number of aromatic nitrogens is 1. The molecule has 0 spiro atoms. The second kappa shape index (κ2) is 4.43. The first-order valence-electron chi connectivity index (χ1n) is 4.79. The predicted octanol–water partition coefficient (Wildman–Crippen LogP) is 2.73. The first-order chi connectivity index (χ1) is 7.50. The maximum atomic E-state index is 11.7. The van der Waals surface area contributed by atoms with E-state index >= 15 is 0 Å². The molecule has 1 fully saturated rings. The summed E-state index contributed by atoms with van der Waals surface area (Å²) in [5, 5.41) is 0.979. The van der Waals surface area contributed by atoms with Gasteiger partial charge >= 0.3 is 0 Å². The molecule has 0 N–H and O–H groups in total. The van der Waals surface area contributed by atoms with Gasteiger partial charge in [0, 0.05) is 24.4 Å². The molecule has 2 heterocycles. The zero-order valence-corrected chi connectivity index (χ0v) is 11.0. The Labute approximate surface area is 109 Å². The van der Waals surface area contributed by atoms with Crippen LogP contribution in [0.25, 0.3) is 0 Å². The second-order valence-corrected chi connectivity index (χ2v) is 5.25. The fourth-order valence-electron chi connectivity index (χ4n) is 1.63. The average Bonchev–Trinajstić information content (AvgIpc) is 2.55. The number of amides is 1. The van der Waals surface area contributed by atoms with Crippen molar-refractivity contribution in [2.75, 3.05) is 11.4 Å². The van der Waals surface area contributed by atoms with Gasteiger partial charge < -0.3 is 0 Å². The molecule has 1 aromatic rings. The molecule has 1 unspecified atom stereocenters. The van der Waals surface area contributed by atoms with Crippen molar-refractivity contribution in [3.05, 3.63) is 21.8 Å². The normalized spacial score (nSPS) is 20.6. The number of hydrogen-bond acceptors (Lipinski definition) is 3. The first-order valence-corrected chi connectivity index (χ1v) is 6.07. The van der Waals surface area contributed by atoms with Gasteiger partial charge in [0.2, 0.25) is 5.91 Å². The molecule has 1 aromatic heterocycles. The van der Waals surface area contributed by atoms with Crippen LogP contribution in [0.1, 0.15) is 12.0 Å². The van der Waals surface area contributed by atoms with Crippen molar-refractivity contribution in [3.8, 4) is 0 Å². The zero-order valence-electron chi connectivity index (χ0n) is 8.57. The van der Waals surface area contributed by atoms with Crippen LogP contribution in [0.3, 0.4) is 0 Å². The molecule has 0 radical (unpaired) electrons. The van der Waals surface area contributed by atoms with Gasteiger partial charge in [-0.3, -0.25) is 9.69 Å². The average molecular weight is 277 g/mol. The lowest BCUT2D eigenvalue weighted by atomic mass is 10.3. The van der Waals surface area contributed by atoms with E-state index in [-0.39, 0.29) is 11.2 Å². The standard InChI is InChI=1S/C10H10Cl2N2OS/c1-5-7(11)3-13-10(9(5)12)14-4-6(16)2-8(14)15/h3,6,16H,2,4H2,1H3. The Morgan fingerprint density at radius 3 is 2.81 bits per heavy atom. The number of carbonyl (C=O) groups excluding carboxylic acids is 1. The van der Waals surface area contributed by atoms with Gasteiger partial charge in [-0.15, -0.1) is 0 Å². The van der Waals surface area contributed by atoms with Crippen LogP contribution in [0.5, 0.6) is 0 Å². The van der Waals surface area contributed by atoms with Crippen LogP contribution in [0.4, 0.5) is 5.82 Å². The van der Waals surface area contributed by atoms with Gasteiger partial charge in [0.15, 0.2) is 5.82 Å². The van der Waals surface area contributed by atoms with Crippen LogP contribution in [0.2, 0.25) is 10.0 Å². The van der Waals surface area contributed by atoms with Gasteiger partial charge in [-0.25, -0.2) is 4.98 Å². The summed E-state index contributed by atoms with van der Waals surface area (Å²) >= 11 is 16.3. The topological polar surface area (TPSA) is 33.2 Å². The Morgan fingerprint density at radius 2 is 2.25 bits per heavy atom. The fraction of sp³-hybridized carbons (Fsp3) is 0.400. The summed E-state index contributed by atoms with van der Waals surface area (Å²) in [7, 11) is 0. The fourth-order valence-corrected chi connectivity index (χ4v) is 2.39. The Hall–Kier alpha value is -0.450. The van der Waals surface area contributed by atoms with Crippen molar-refractivity contribution in [2.45, 2.75) is 18.6 Å². The largest absolute Gasteiger partial charge is 0.294 e. The van der Waals surface area contributed by atoms with E-state index in [4.69, 9.17) is 23.2 Å². The first kappa shape index (κ1) is 12.0. The molecule has 1 saturated heterocycles. The van der Waals surface area contributed by atoms with E-state index in [9.17, 15) is 4.79 Å². The van der Waals surface area contributed by atoms with Crippen LogP contribution in [-0.4, -0.2) is 22.7 Å². The van der Waals surface area contributed by atoms with Crippen LogP contribution >= 0.6 is 35.8 Å². The Balaban J connectivity index is 2.42. The van der Waals surface area contributed by atoms with Gasteiger partial charge in [0.25, 0.3) is 0 Å². The van der Waals surface area contributed by atoms with E-state index in [1.807, 2.05) is 0 Å². The molecule has 0 saturated carbocycles. The number of hydrogen-bond donors (Lipinski definition) is 1. The molecule has 2 rings (SSSR count). The Morgan fingerprint density at radius 1 is 1.56 bits per heavy atom.